The number of nitrogens with zero attached hydrogens (tertiary/aromatic N) is 1. The summed E-state index contributed by atoms with van der Waals surface area (Å²) in [6.07, 6.45) is 3.88. The first-order valence-corrected chi connectivity index (χ1v) is 8.56. The summed E-state index contributed by atoms with van der Waals surface area (Å²) in [6, 6.07) is 9.39. The van der Waals surface area contributed by atoms with Crippen molar-refractivity contribution in [2.24, 2.45) is 22.9 Å². The van der Waals surface area contributed by atoms with Crippen LogP contribution in [0.5, 0.6) is 0 Å². The molecule has 0 aromatic heterocycles. The first-order valence-electron chi connectivity index (χ1n) is 8.56. The average Bonchev–Trinajstić information content (AvgIpc) is 2.83. The molecule has 2 aliphatic rings. The summed E-state index contributed by atoms with van der Waals surface area (Å²) >= 11 is 0. The van der Waals surface area contributed by atoms with Crippen molar-refractivity contribution in [1.29, 1.82) is 0 Å². The topological polar surface area (TPSA) is 99.4 Å². The number of oxime groups is 1. The van der Waals surface area contributed by atoms with Crippen molar-refractivity contribution < 1.29 is 25.0 Å². The number of aliphatic hydroxyl groups is 2. The molecule has 5 atom stereocenters. The van der Waals surface area contributed by atoms with Crippen molar-refractivity contribution in [3.8, 4) is 0 Å². The SMILES string of the molecule is O=C(O)CCON=C1C[C@H]2C(O)C(C=CC(O)c3ccccc3)C[C@H]12. The third kappa shape index (κ3) is 4.08. The maximum absolute atomic E-state index is 10.4. The molecule has 0 aliphatic heterocycles. The molecule has 2 saturated carbocycles. The van der Waals surface area contributed by atoms with E-state index < -0.39 is 18.2 Å². The Labute approximate surface area is 146 Å². The number of carboxylic acids is 1. The number of benzene rings is 1. The van der Waals surface area contributed by atoms with Crippen LogP contribution in [-0.4, -0.2) is 39.7 Å². The monoisotopic (exact) mass is 345 g/mol. The van der Waals surface area contributed by atoms with E-state index in [1.54, 1.807) is 6.08 Å². The number of aliphatic carboxylic acids is 1. The maximum atomic E-state index is 10.4. The Kier molecular flexibility index (Phi) is 5.50. The van der Waals surface area contributed by atoms with Crippen LogP contribution in [0.1, 0.15) is 30.9 Å². The molecule has 0 saturated heterocycles. The van der Waals surface area contributed by atoms with E-state index in [1.807, 2.05) is 36.4 Å². The second kappa shape index (κ2) is 7.80. The third-order valence-corrected chi connectivity index (χ3v) is 5.06. The van der Waals surface area contributed by atoms with Gasteiger partial charge in [0, 0.05) is 11.8 Å². The number of carboxylic acid groups (broad SMARTS) is 1. The van der Waals surface area contributed by atoms with E-state index in [0.29, 0.717) is 6.42 Å². The standard InChI is InChI=1S/C19H23NO5/c21-17(12-4-2-1-3-5-12)7-6-13-10-14-15(19(13)24)11-16(14)20-25-9-8-18(22)23/h1-7,13-15,17,19,21,24H,8-11H2,(H,22,23)/t13?,14-,15+,17?,19?/m0/s1. The van der Waals surface area contributed by atoms with E-state index in [4.69, 9.17) is 9.94 Å². The molecule has 0 heterocycles. The summed E-state index contributed by atoms with van der Waals surface area (Å²) in [4.78, 5) is 15.5. The number of rotatable bonds is 7. The van der Waals surface area contributed by atoms with Crippen LogP contribution < -0.4 is 0 Å². The van der Waals surface area contributed by atoms with Crippen LogP contribution in [0, 0.1) is 17.8 Å². The minimum absolute atomic E-state index is 0.0138. The normalized spacial score (nSPS) is 30.9. The fourth-order valence-electron chi connectivity index (χ4n) is 3.61. The molecule has 1 aromatic carbocycles. The highest BCUT2D eigenvalue weighted by molar-refractivity contribution is 5.93. The van der Waals surface area contributed by atoms with E-state index in [1.165, 1.54) is 0 Å². The molecule has 1 aromatic rings. The van der Waals surface area contributed by atoms with Gasteiger partial charge in [-0.05, 0) is 24.3 Å². The summed E-state index contributed by atoms with van der Waals surface area (Å²) in [5.74, 6) is -0.570. The van der Waals surface area contributed by atoms with Gasteiger partial charge in [0.25, 0.3) is 0 Å². The molecule has 0 bridgehead atoms. The number of fused-ring (bicyclic) bond motifs is 1. The van der Waals surface area contributed by atoms with E-state index >= 15 is 0 Å². The Hall–Kier alpha value is -2.18. The van der Waals surface area contributed by atoms with Crippen LogP contribution in [0.2, 0.25) is 0 Å². The molecule has 134 valence electrons. The van der Waals surface area contributed by atoms with Crippen molar-refractivity contribution in [2.75, 3.05) is 6.61 Å². The van der Waals surface area contributed by atoms with Gasteiger partial charge in [-0.15, -0.1) is 0 Å². The molecular formula is C19H23NO5. The number of carbonyl (C=O) groups is 1. The van der Waals surface area contributed by atoms with Crippen LogP contribution in [0.4, 0.5) is 0 Å². The second-order valence-corrected chi connectivity index (χ2v) is 6.66. The van der Waals surface area contributed by atoms with Gasteiger partial charge in [-0.3, -0.25) is 4.79 Å². The molecule has 25 heavy (non-hydrogen) atoms. The zero-order chi connectivity index (χ0) is 17.8. The summed E-state index contributed by atoms with van der Waals surface area (Å²) in [5, 5.41) is 33.2. The van der Waals surface area contributed by atoms with Crippen molar-refractivity contribution in [1.82, 2.24) is 0 Å². The fraction of sp³-hybridized carbons (Fsp3) is 0.474. The van der Waals surface area contributed by atoms with E-state index in [2.05, 4.69) is 5.16 Å². The zero-order valence-corrected chi connectivity index (χ0v) is 13.9. The lowest BCUT2D eigenvalue weighted by molar-refractivity contribution is -0.138. The van der Waals surface area contributed by atoms with Gasteiger partial charge in [0.05, 0.1) is 24.3 Å². The highest BCUT2D eigenvalue weighted by atomic mass is 16.6. The molecule has 3 rings (SSSR count). The molecule has 0 radical (unpaired) electrons. The fourth-order valence-corrected chi connectivity index (χ4v) is 3.61. The van der Waals surface area contributed by atoms with Gasteiger partial charge < -0.3 is 20.2 Å². The quantitative estimate of drug-likeness (QED) is 0.399. The van der Waals surface area contributed by atoms with E-state index in [9.17, 15) is 15.0 Å². The van der Waals surface area contributed by atoms with Gasteiger partial charge in [0.2, 0.25) is 0 Å². The summed E-state index contributed by atoms with van der Waals surface area (Å²) in [5.41, 5.74) is 1.72. The summed E-state index contributed by atoms with van der Waals surface area (Å²) in [7, 11) is 0. The summed E-state index contributed by atoms with van der Waals surface area (Å²) < 4.78 is 0. The molecule has 0 amide bonds. The van der Waals surface area contributed by atoms with Crippen LogP contribution in [0.3, 0.4) is 0 Å². The smallest absolute Gasteiger partial charge is 0.306 e. The number of hydrogen-bond donors (Lipinski definition) is 3. The van der Waals surface area contributed by atoms with Crippen molar-refractivity contribution >= 4 is 11.7 Å². The lowest BCUT2D eigenvalue weighted by Crippen LogP contribution is -2.38. The first kappa shape index (κ1) is 17.6. The van der Waals surface area contributed by atoms with Gasteiger partial charge in [-0.2, -0.15) is 0 Å². The lowest BCUT2D eigenvalue weighted by atomic mass is 9.73. The molecule has 6 heteroatoms. The molecule has 2 fully saturated rings. The Bertz CT molecular complexity index is 657. The Morgan fingerprint density at radius 2 is 2.12 bits per heavy atom. The van der Waals surface area contributed by atoms with Crippen molar-refractivity contribution in [2.45, 2.75) is 31.5 Å². The number of aliphatic hydroxyl groups excluding tert-OH is 2. The van der Waals surface area contributed by atoms with Crippen LogP contribution in [0.25, 0.3) is 0 Å². The third-order valence-electron chi connectivity index (χ3n) is 5.06. The maximum Gasteiger partial charge on any atom is 0.306 e. The minimum atomic E-state index is -0.912. The van der Waals surface area contributed by atoms with Gasteiger partial charge in [-0.25, -0.2) is 0 Å². The molecule has 6 nitrogen and oxygen atoms in total. The van der Waals surface area contributed by atoms with E-state index in [0.717, 1.165) is 17.7 Å². The average molecular weight is 345 g/mol. The molecule has 3 N–H and O–H groups in total. The first-order chi connectivity index (χ1) is 12.1. The Morgan fingerprint density at radius 3 is 2.84 bits per heavy atom. The van der Waals surface area contributed by atoms with Crippen molar-refractivity contribution in [3.05, 3.63) is 48.0 Å². The summed E-state index contributed by atoms with van der Waals surface area (Å²) in [6.45, 7) is 0.0609. The molecular weight excluding hydrogens is 322 g/mol. The molecule has 2 aliphatic carbocycles. The lowest BCUT2D eigenvalue weighted by Gasteiger charge is -2.33. The Balaban J connectivity index is 1.53. The zero-order valence-electron chi connectivity index (χ0n) is 13.9. The van der Waals surface area contributed by atoms with Gasteiger partial charge in [0.1, 0.15) is 6.61 Å². The van der Waals surface area contributed by atoms with Gasteiger partial charge >= 0.3 is 5.97 Å². The highest BCUT2D eigenvalue weighted by Gasteiger charge is 2.51. The van der Waals surface area contributed by atoms with Crippen molar-refractivity contribution in [3.63, 3.8) is 0 Å². The predicted octanol–water partition coefficient (Wildman–Crippen LogP) is 2.14. The van der Waals surface area contributed by atoms with Crippen LogP contribution in [0.15, 0.2) is 47.6 Å². The second-order valence-electron chi connectivity index (χ2n) is 6.66. The van der Waals surface area contributed by atoms with Gasteiger partial charge in [0.15, 0.2) is 0 Å². The highest BCUT2D eigenvalue weighted by Crippen LogP contribution is 2.48. The van der Waals surface area contributed by atoms with Gasteiger partial charge in [-0.1, -0.05) is 47.6 Å². The molecule has 3 unspecified atom stereocenters. The molecule has 0 spiro atoms. The van der Waals surface area contributed by atoms with E-state index in [-0.39, 0.29) is 30.8 Å². The number of hydrogen-bond acceptors (Lipinski definition) is 5. The van der Waals surface area contributed by atoms with Crippen LogP contribution in [-0.2, 0) is 9.63 Å². The minimum Gasteiger partial charge on any atom is -0.481 e. The predicted molar refractivity (Wildman–Crippen MR) is 91.9 cm³/mol. The Morgan fingerprint density at radius 1 is 1.36 bits per heavy atom. The van der Waals surface area contributed by atoms with Crippen LogP contribution >= 0.6 is 0 Å². The largest absolute Gasteiger partial charge is 0.481 e.